The molecular formula is C10H18N4O. The molecule has 0 spiro atoms. The topological polar surface area (TPSA) is 45.4 Å². The average molecular weight is 210 g/mol. The monoisotopic (exact) mass is 210 g/mol. The SMILES string of the molecule is CCN1CCN(Cc2nnc(C)o2)CC1. The van der Waals surface area contributed by atoms with Gasteiger partial charge in [-0.25, -0.2) is 0 Å². The van der Waals surface area contributed by atoms with E-state index >= 15 is 0 Å². The van der Waals surface area contributed by atoms with Gasteiger partial charge in [-0.2, -0.15) is 0 Å². The van der Waals surface area contributed by atoms with E-state index in [1.165, 1.54) is 0 Å². The van der Waals surface area contributed by atoms with Crippen molar-refractivity contribution in [1.82, 2.24) is 20.0 Å². The number of nitrogens with zero attached hydrogens (tertiary/aromatic N) is 4. The molecule has 0 aromatic carbocycles. The van der Waals surface area contributed by atoms with Crippen molar-refractivity contribution in [2.75, 3.05) is 32.7 Å². The van der Waals surface area contributed by atoms with Crippen LogP contribution in [0.1, 0.15) is 18.7 Å². The molecule has 0 saturated carbocycles. The molecule has 0 atom stereocenters. The Balaban J connectivity index is 1.82. The third kappa shape index (κ3) is 2.76. The van der Waals surface area contributed by atoms with Crippen LogP contribution in [-0.2, 0) is 6.54 Å². The summed E-state index contributed by atoms with van der Waals surface area (Å²) in [6.07, 6.45) is 0. The van der Waals surface area contributed by atoms with Crippen molar-refractivity contribution in [1.29, 1.82) is 0 Å². The molecular weight excluding hydrogens is 192 g/mol. The van der Waals surface area contributed by atoms with Crippen LogP contribution in [-0.4, -0.2) is 52.7 Å². The van der Waals surface area contributed by atoms with Gasteiger partial charge in [-0.1, -0.05) is 6.92 Å². The highest BCUT2D eigenvalue weighted by Gasteiger charge is 2.17. The summed E-state index contributed by atoms with van der Waals surface area (Å²) in [5.41, 5.74) is 0. The highest BCUT2D eigenvalue weighted by atomic mass is 16.4. The zero-order valence-electron chi connectivity index (χ0n) is 9.44. The molecule has 5 heteroatoms. The van der Waals surface area contributed by atoms with E-state index in [0.717, 1.165) is 45.2 Å². The Kier molecular flexibility index (Phi) is 3.33. The van der Waals surface area contributed by atoms with Crippen LogP contribution in [0.15, 0.2) is 4.42 Å². The highest BCUT2D eigenvalue weighted by Crippen LogP contribution is 2.07. The minimum Gasteiger partial charge on any atom is -0.424 e. The standard InChI is InChI=1S/C10H18N4O/c1-3-13-4-6-14(7-5-13)8-10-12-11-9(2)15-10/h3-8H2,1-2H3. The molecule has 0 amide bonds. The van der Waals surface area contributed by atoms with E-state index in [1.807, 2.05) is 6.92 Å². The van der Waals surface area contributed by atoms with Crippen molar-refractivity contribution in [3.8, 4) is 0 Å². The lowest BCUT2D eigenvalue weighted by Crippen LogP contribution is -2.45. The molecule has 1 fully saturated rings. The number of likely N-dealkylation sites (N-methyl/N-ethyl adjacent to an activating group) is 1. The first-order valence-corrected chi connectivity index (χ1v) is 5.51. The molecule has 1 aromatic heterocycles. The van der Waals surface area contributed by atoms with Crippen LogP contribution in [0.2, 0.25) is 0 Å². The summed E-state index contributed by atoms with van der Waals surface area (Å²) < 4.78 is 5.36. The fraction of sp³-hybridized carbons (Fsp3) is 0.800. The average Bonchev–Trinajstić information content (AvgIpc) is 2.65. The number of hydrogen-bond acceptors (Lipinski definition) is 5. The lowest BCUT2D eigenvalue weighted by molar-refractivity contribution is 0.123. The Hall–Kier alpha value is -0.940. The fourth-order valence-corrected chi connectivity index (χ4v) is 1.86. The Morgan fingerprint density at radius 2 is 1.80 bits per heavy atom. The summed E-state index contributed by atoms with van der Waals surface area (Å²) >= 11 is 0. The molecule has 0 N–H and O–H groups in total. The number of aryl methyl sites for hydroxylation is 1. The minimum absolute atomic E-state index is 0.650. The van der Waals surface area contributed by atoms with Gasteiger partial charge >= 0.3 is 0 Å². The lowest BCUT2D eigenvalue weighted by atomic mass is 10.3. The van der Waals surface area contributed by atoms with Crippen molar-refractivity contribution in [2.24, 2.45) is 0 Å². The molecule has 0 radical (unpaired) electrons. The van der Waals surface area contributed by atoms with E-state index in [2.05, 4.69) is 26.9 Å². The van der Waals surface area contributed by atoms with Crippen LogP contribution in [0.5, 0.6) is 0 Å². The first-order valence-electron chi connectivity index (χ1n) is 5.51. The second-order valence-corrected chi connectivity index (χ2v) is 3.93. The fourth-order valence-electron chi connectivity index (χ4n) is 1.86. The van der Waals surface area contributed by atoms with E-state index in [-0.39, 0.29) is 0 Å². The quantitative estimate of drug-likeness (QED) is 0.727. The van der Waals surface area contributed by atoms with E-state index in [9.17, 15) is 0 Å². The summed E-state index contributed by atoms with van der Waals surface area (Å²) in [4.78, 5) is 4.81. The Bertz CT molecular complexity index is 304. The van der Waals surface area contributed by atoms with E-state index in [1.54, 1.807) is 0 Å². The predicted octanol–water partition coefficient (Wildman–Crippen LogP) is 0.516. The zero-order chi connectivity index (χ0) is 10.7. The van der Waals surface area contributed by atoms with Gasteiger partial charge in [-0.05, 0) is 6.54 Å². The zero-order valence-corrected chi connectivity index (χ0v) is 9.44. The maximum absolute atomic E-state index is 5.36. The van der Waals surface area contributed by atoms with Crippen molar-refractivity contribution in [3.05, 3.63) is 11.8 Å². The molecule has 15 heavy (non-hydrogen) atoms. The third-order valence-electron chi connectivity index (χ3n) is 2.84. The molecule has 2 rings (SSSR count). The van der Waals surface area contributed by atoms with Gasteiger partial charge in [0.05, 0.1) is 6.54 Å². The summed E-state index contributed by atoms with van der Waals surface area (Å²) in [7, 11) is 0. The molecule has 1 aliphatic rings. The largest absolute Gasteiger partial charge is 0.424 e. The van der Waals surface area contributed by atoms with Gasteiger partial charge in [0.25, 0.3) is 0 Å². The molecule has 5 nitrogen and oxygen atoms in total. The summed E-state index contributed by atoms with van der Waals surface area (Å²) in [6, 6.07) is 0. The predicted molar refractivity (Wildman–Crippen MR) is 56.4 cm³/mol. The van der Waals surface area contributed by atoms with Gasteiger partial charge in [-0.15, -0.1) is 10.2 Å². The van der Waals surface area contributed by atoms with Crippen molar-refractivity contribution < 1.29 is 4.42 Å². The van der Waals surface area contributed by atoms with E-state index < -0.39 is 0 Å². The second-order valence-electron chi connectivity index (χ2n) is 3.93. The number of hydrogen-bond donors (Lipinski definition) is 0. The second kappa shape index (κ2) is 4.72. The highest BCUT2D eigenvalue weighted by molar-refractivity contribution is 4.81. The summed E-state index contributed by atoms with van der Waals surface area (Å²) in [5, 5.41) is 7.84. The first kappa shape index (κ1) is 10.6. The third-order valence-corrected chi connectivity index (χ3v) is 2.84. The minimum atomic E-state index is 0.650. The summed E-state index contributed by atoms with van der Waals surface area (Å²) in [5.74, 6) is 1.38. The maximum Gasteiger partial charge on any atom is 0.230 e. The Labute approximate surface area is 90.1 Å². The number of rotatable bonds is 3. The molecule has 0 aliphatic carbocycles. The first-order chi connectivity index (χ1) is 7.28. The number of aromatic nitrogens is 2. The molecule has 2 heterocycles. The number of piperazine rings is 1. The van der Waals surface area contributed by atoms with Crippen molar-refractivity contribution in [3.63, 3.8) is 0 Å². The van der Waals surface area contributed by atoms with Crippen LogP contribution in [0.4, 0.5) is 0 Å². The molecule has 1 aromatic rings. The van der Waals surface area contributed by atoms with Gasteiger partial charge in [0.15, 0.2) is 0 Å². The van der Waals surface area contributed by atoms with Gasteiger partial charge in [0.2, 0.25) is 11.8 Å². The molecule has 84 valence electrons. The van der Waals surface area contributed by atoms with Crippen LogP contribution < -0.4 is 0 Å². The van der Waals surface area contributed by atoms with Crippen LogP contribution >= 0.6 is 0 Å². The van der Waals surface area contributed by atoms with Crippen molar-refractivity contribution >= 4 is 0 Å². The molecule has 0 unspecified atom stereocenters. The Morgan fingerprint density at radius 1 is 1.13 bits per heavy atom. The normalized spacial score (nSPS) is 19.6. The Morgan fingerprint density at radius 3 is 2.33 bits per heavy atom. The molecule has 0 bridgehead atoms. The van der Waals surface area contributed by atoms with E-state index in [4.69, 9.17) is 4.42 Å². The summed E-state index contributed by atoms with van der Waals surface area (Å²) in [6.45, 7) is 10.4. The van der Waals surface area contributed by atoms with Crippen molar-refractivity contribution in [2.45, 2.75) is 20.4 Å². The smallest absolute Gasteiger partial charge is 0.230 e. The molecule has 1 aliphatic heterocycles. The molecule has 1 saturated heterocycles. The lowest BCUT2D eigenvalue weighted by Gasteiger charge is -2.33. The van der Waals surface area contributed by atoms with Crippen LogP contribution in [0.3, 0.4) is 0 Å². The van der Waals surface area contributed by atoms with Crippen LogP contribution in [0, 0.1) is 6.92 Å². The maximum atomic E-state index is 5.36. The van der Waals surface area contributed by atoms with E-state index in [0.29, 0.717) is 5.89 Å². The van der Waals surface area contributed by atoms with Gasteiger partial charge in [0, 0.05) is 33.1 Å². The van der Waals surface area contributed by atoms with Gasteiger partial charge in [0.1, 0.15) is 0 Å². The van der Waals surface area contributed by atoms with Crippen LogP contribution in [0.25, 0.3) is 0 Å². The van der Waals surface area contributed by atoms with Gasteiger partial charge < -0.3 is 9.32 Å². The van der Waals surface area contributed by atoms with Gasteiger partial charge in [-0.3, -0.25) is 4.90 Å².